The summed E-state index contributed by atoms with van der Waals surface area (Å²) < 4.78 is 37.8. The Morgan fingerprint density at radius 3 is 2.38 bits per heavy atom. The van der Waals surface area contributed by atoms with Crippen LogP contribution in [0.4, 0.5) is 24.5 Å². The normalized spacial score (nSPS) is 23.9. The fourth-order valence-electron chi connectivity index (χ4n) is 3.38. The minimum Gasteiger partial charge on any atom is -0.397 e. The SMILES string of the molecule is C=Nc1cc2c(cc1N)C1CC2CN(C(=O)C(F)(F)F)C1. The van der Waals surface area contributed by atoms with Gasteiger partial charge in [0.15, 0.2) is 0 Å². The summed E-state index contributed by atoms with van der Waals surface area (Å²) in [5, 5.41) is 0. The molecule has 1 heterocycles. The second kappa shape index (κ2) is 4.47. The van der Waals surface area contributed by atoms with Crippen LogP contribution < -0.4 is 5.73 Å². The average molecular weight is 297 g/mol. The highest BCUT2D eigenvalue weighted by atomic mass is 19.4. The molecule has 0 radical (unpaired) electrons. The number of aliphatic imine (C=N–C) groups is 1. The molecule has 0 spiro atoms. The molecule has 1 aliphatic carbocycles. The van der Waals surface area contributed by atoms with Gasteiger partial charge >= 0.3 is 12.1 Å². The van der Waals surface area contributed by atoms with E-state index in [1.165, 1.54) is 0 Å². The maximum atomic E-state index is 12.6. The molecular formula is C14H14F3N3O. The number of benzene rings is 1. The molecule has 112 valence electrons. The minimum atomic E-state index is -4.82. The maximum absolute atomic E-state index is 12.6. The highest BCUT2D eigenvalue weighted by molar-refractivity contribution is 5.82. The molecule has 1 saturated heterocycles. The first-order chi connectivity index (χ1) is 9.81. The Hall–Kier alpha value is -2.05. The van der Waals surface area contributed by atoms with Crippen LogP contribution in [0.5, 0.6) is 0 Å². The topological polar surface area (TPSA) is 58.7 Å². The smallest absolute Gasteiger partial charge is 0.397 e. The van der Waals surface area contributed by atoms with Crippen LogP contribution in [0.1, 0.15) is 29.4 Å². The second-order valence-electron chi connectivity index (χ2n) is 5.54. The third-order valence-corrected chi connectivity index (χ3v) is 4.26. The second-order valence-corrected chi connectivity index (χ2v) is 5.54. The van der Waals surface area contributed by atoms with Gasteiger partial charge in [0.25, 0.3) is 0 Å². The molecule has 4 nitrogen and oxygen atoms in total. The van der Waals surface area contributed by atoms with Crippen molar-refractivity contribution in [3.8, 4) is 0 Å². The summed E-state index contributed by atoms with van der Waals surface area (Å²) in [6.45, 7) is 3.61. The summed E-state index contributed by atoms with van der Waals surface area (Å²) in [4.78, 5) is 16.1. The zero-order valence-electron chi connectivity index (χ0n) is 11.2. The summed E-state index contributed by atoms with van der Waals surface area (Å²) in [6, 6.07) is 3.54. The summed E-state index contributed by atoms with van der Waals surface area (Å²) in [7, 11) is 0. The molecule has 3 rings (SSSR count). The van der Waals surface area contributed by atoms with Crippen LogP contribution in [0.3, 0.4) is 0 Å². The molecule has 1 aromatic carbocycles. The number of hydrogen-bond donors (Lipinski definition) is 1. The molecule has 2 N–H and O–H groups in total. The van der Waals surface area contributed by atoms with Gasteiger partial charge in [-0.1, -0.05) is 0 Å². The number of nitrogens with two attached hydrogens (primary N) is 1. The number of rotatable bonds is 1. The Labute approximate surface area is 119 Å². The predicted molar refractivity (Wildman–Crippen MR) is 72.8 cm³/mol. The van der Waals surface area contributed by atoms with Crippen molar-refractivity contribution in [3.05, 3.63) is 23.3 Å². The number of nitrogens with zero attached hydrogens (tertiary/aromatic N) is 2. The van der Waals surface area contributed by atoms with Crippen LogP contribution in [-0.4, -0.2) is 36.8 Å². The molecule has 2 atom stereocenters. The summed E-state index contributed by atoms with van der Waals surface area (Å²) in [5.41, 5.74) is 8.73. The van der Waals surface area contributed by atoms with E-state index in [-0.39, 0.29) is 24.9 Å². The lowest BCUT2D eigenvalue weighted by molar-refractivity contribution is -0.186. The number of alkyl halides is 3. The van der Waals surface area contributed by atoms with Crippen molar-refractivity contribution < 1.29 is 18.0 Å². The summed E-state index contributed by atoms with van der Waals surface area (Å²) in [6.07, 6.45) is -4.08. The average Bonchev–Trinajstić information content (AvgIpc) is 2.67. The fourth-order valence-corrected chi connectivity index (χ4v) is 3.38. The summed E-state index contributed by atoms with van der Waals surface area (Å²) >= 11 is 0. The Morgan fingerprint density at radius 2 is 1.86 bits per heavy atom. The van der Waals surface area contributed by atoms with Crippen molar-refractivity contribution in [1.82, 2.24) is 4.90 Å². The molecule has 1 aliphatic heterocycles. The van der Waals surface area contributed by atoms with E-state index >= 15 is 0 Å². The Balaban J connectivity index is 1.94. The molecule has 0 saturated carbocycles. The minimum absolute atomic E-state index is 0.0855. The van der Waals surface area contributed by atoms with Gasteiger partial charge < -0.3 is 10.6 Å². The van der Waals surface area contributed by atoms with Gasteiger partial charge in [0.05, 0.1) is 11.4 Å². The van der Waals surface area contributed by atoms with E-state index in [1.807, 2.05) is 0 Å². The van der Waals surface area contributed by atoms with E-state index in [1.54, 1.807) is 12.1 Å². The quantitative estimate of drug-likeness (QED) is 0.640. The van der Waals surface area contributed by atoms with Crippen molar-refractivity contribution in [2.45, 2.75) is 24.4 Å². The first kappa shape index (κ1) is 13.9. The number of amides is 1. The first-order valence-electron chi connectivity index (χ1n) is 6.57. The number of anilines is 1. The van der Waals surface area contributed by atoms with Crippen LogP contribution in [0.25, 0.3) is 0 Å². The van der Waals surface area contributed by atoms with Gasteiger partial charge in [-0.05, 0) is 36.4 Å². The molecule has 2 bridgehead atoms. The lowest BCUT2D eigenvalue weighted by Crippen LogP contribution is -2.46. The van der Waals surface area contributed by atoms with Gasteiger partial charge in [-0.15, -0.1) is 0 Å². The van der Waals surface area contributed by atoms with Crippen LogP contribution in [0, 0.1) is 0 Å². The maximum Gasteiger partial charge on any atom is 0.471 e. The molecule has 1 aromatic rings. The van der Waals surface area contributed by atoms with Crippen molar-refractivity contribution in [2.75, 3.05) is 18.8 Å². The van der Waals surface area contributed by atoms with Gasteiger partial charge in [0.2, 0.25) is 0 Å². The van der Waals surface area contributed by atoms with Crippen LogP contribution in [0.2, 0.25) is 0 Å². The van der Waals surface area contributed by atoms with Gasteiger partial charge in [-0.2, -0.15) is 13.2 Å². The predicted octanol–water partition coefficient (Wildman–Crippen LogP) is 2.58. The lowest BCUT2D eigenvalue weighted by Gasteiger charge is -2.32. The third-order valence-electron chi connectivity index (χ3n) is 4.26. The van der Waals surface area contributed by atoms with Crippen LogP contribution in [-0.2, 0) is 4.79 Å². The van der Waals surface area contributed by atoms with Crippen LogP contribution >= 0.6 is 0 Å². The zero-order valence-corrected chi connectivity index (χ0v) is 11.2. The lowest BCUT2D eigenvalue weighted by atomic mass is 9.95. The Bertz CT molecular complexity index is 627. The molecule has 2 aliphatic rings. The van der Waals surface area contributed by atoms with Crippen molar-refractivity contribution >= 4 is 24.0 Å². The van der Waals surface area contributed by atoms with Gasteiger partial charge in [0.1, 0.15) is 0 Å². The Morgan fingerprint density at radius 1 is 1.29 bits per heavy atom. The van der Waals surface area contributed by atoms with Gasteiger partial charge in [-0.3, -0.25) is 9.79 Å². The molecule has 0 aromatic heterocycles. The number of hydrogen-bond acceptors (Lipinski definition) is 3. The van der Waals surface area contributed by atoms with E-state index in [2.05, 4.69) is 11.7 Å². The highest BCUT2D eigenvalue weighted by Crippen LogP contribution is 2.48. The number of fused-ring (bicyclic) bond motifs is 5. The Kier molecular flexibility index (Phi) is 2.96. The molecule has 7 heteroatoms. The van der Waals surface area contributed by atoms with Gasteiger partial charge in [-0.25, -0.2) is 0 Å². The van der Waals surface area contributed by atoms with Crippen molar-refractivity contribution in [1.29, 1.82) is 0 Å². The highest BCUT2D eigenvalue weighted by Gasteiger charge is 2.47. The number of likely N-dealkylation sites (tertiary alicyclic amines) is 1. The van der Waals surface area contributed by atoms with E-state index in [4.69, 9.17) is 5.73 Å². The van der Waals surface area contributed by atoms with E-state index in [9.17, 15) is 18.0 Å². The van der Waals surface area contributed by atoms with E-state index < -0.39 is 12.1 Å². The zero-order chi connectivity index (χ0) is 15.4. The molecular weight excluding hydrogens is 283 g/mol. The van der Waals surface area contributed by atoms with Crippen LogP contribution in [0.15, 0.2) is 17.1 Å². The first-order valence-corrected chi connectivity index (χ1v) is 6.57. The number of halogens is 3. The van der Waals surface area contributed by atoms with Gasteiger partial charge in [0, 0.05) is 24.9 Å². The van der Waals surface area contributed by atoms with E-state index in [0.717, 1.165) is 22.4 Å². The molecule has 21 heavy (non-hydrogen) atoms. The fraction of sp³-hybridized carbons (Fsp3) is 0.429. The number of carbonyl (C=O) groups is 1. The van der Waals surface area contributed by atoms with Crippen molar-refractivity contribution in [3.63, 3.8) is 0 Å². The number of carbonyl (C=O) groups excluding carboxylic acids is 1. The standard InChI is InChI=1S/C14H14F3N3O/c1-19-12-4-10-8-2-7(9(10)3-11(12)18)5-20(6-8)13(21)14(15,16)17/h3-4,7-8H,1-2,5-6,18H2. The van der Waals surface area contributed by atoms with Crippen molar-refractivity contribution in [2.24, 2.45) is 4.99 Å². The molecule has 2 unspecified atom stereocenters. The monoisotopic (exact) mass is 297 g/mol. The summed E-state index contributed by atoms with van der Waals surface area (Å²) in [5.74, 6) is -1.95. The number of nitrogen functional groups attached to an aromatic ring is 1. The van der Waals surface area contributed by atoms with E-state index in [0.29, 0.717) is 11.4 Å². The largest absolute Gasteiger partial charge is 0.471 e. The molecule has 1 amide bonds. The third kappa shape index (κ3) is 2.16. The number of piperidine rings is 1. The molecule has 1 fully saturated rings.